The van der Waals surface area contributed by atoms with Crippen LogP contribution < -0.4 is 10.5 Å². The van der Waals surface area contributed by atoms with E-state index in [1.54, 1.807) is 13.2 Å². The van der Waals surface area contributed by atoms with Crippen LogP contribution >= 0.6 is 12.4 Å². The molecule has 106 valence electrons. The van der Waals surface area contributed by atoms with Gasteiger partial charge in [0.1, 0.15) is 5.75 Å². The highest BCUT2D eigenvalue weighted by Crippen LogP contribution is 2.21. The van der Waals surface area contributed by atoms with Gasteiger partial charge in [-0.05, 0) is 37.5 Å². The summed E-state index contributed by atoms with van der Waals surface area (Å²) in [5.41, 5.74) is 7.61. The lowest BCUT2D eigenvalue weighted by molar-refractivity contribution is 0.0708. The minimum absolute atomic E-state index is 0. The van der Waals surface area contributed by atoms with Crippen molar-refractivity contribution in [1.82, 2.24) is 4.90 Å². The smallest absolute Gasteiger partial charge is 0.254 e. The van der Waals surface area contributed by atoms with Gasteiger partial charge in [-0.25, -0.2) is 0 Å². The number of halogens is 1. The summed E-state index contributed by atoms with van der Waals surface area (Å²) in [5, 5.41) is 0. The minimum Gasteiger partial charge on any atom is -0.496 e. The van der Waals surface area contributed by atoms with E-state index in [0.29, 0.717) is 12.1 Å². The van der Waals surface area contributed by atoms with Crippen molar-refractivity contribution in [2.45, 2.75) is 25.8 Å². The zero-order valence-electron chi connectivity index (χ0n) is 11.4. The minimum atomic E-state index is 0. The first-order chi connectivity index (χ1) is 8.61. The van der Waals surface area contributed by atoms with Gasteiger partial charge in [-0.2, -0.15) is 0 Å². The van der Waals surface area contributed by atoms with Crippen LogP contribution in [0.1, 0.15) is 28.8 Å². The van der Waals surface area contributed by atoms with Crippen LogP contribution in [0.2, 0.25) is 0 Å². The number of likely N-dealkylation sites (tertiary alicyclic amines) is 1. The molecular weight excluding hydrogens is 264 g/mol. The third-order valence-corrected chi connectivity index (χ3v) is 3.40. The van der Waals surface area contributed by atoms with Gasteiger partial charge in [-0.1, -0.05) is 6.07 Å². The molecule has 5 heteroatoms. The van der Waals surface area contributed by atoms with E-state index in [9.17, 15) is 4.79 Å². The molecular formula is C14H21ClN2O2. The summed E-state index contributed by atoms with van der Waals surface area (Å²) in [7, 11) is 1.62. The summed E-state index contributed by atoms with van der Waals surface area (Å²) in [6, 6.07) is 5.67. The number of rotatable bonds is 2. The van der Waals surface area contributed by atoms with Crippen molar-refractivity contribution < 1.29 is 9.53 Å². The Balaban J connectivity index is 0.00000180. The average molecular weight is 285 g/mol. The van der Waals surface area contributed by atoms with Crippen LogP contribution in [0, 0.1) is 6.92 Å². The fraction of sp³-hybridized carbons (Fsp3) is 0.500. The van der Waals surface area contributed by atoms with Crippen LogP contribution in [-0.4, -0.2) is 37.0 Å². The van der Waals surface area contributed by atoms with E-state index in [2.05, 4.69) is 0 Å². The molecule has 1 aromatic rings. The standard InChI is InChI=1S/C14H20N2O2.ClH/c1-10-5-6-11(8-13(10)18-2)14(17)16-7-3-4-12(15)9-16;/h5-6,8,12H,3-4,7,9,15H2,1-2H3;1H/t12-;/m1./s1. The van der Waals surface area contributed by atoms with E-state index < -0.39 is 0 Å². The molecule has 1 amide bonds. The van der Waals surface area contributed by atoms with E-state index >= 15 is 0 Å². The molecule has 1 fully saturated rings. The summed E-state index contributed by atoms with van der Waals surface area (Å²) < 4.78 is 5.25. The van der Waals surface area contributed by atoms with Crippen molar-refractivity contribution in [1.29, 1.82) is 0 Å². The molecule has 1 heterocycles. The van der Waals surface area contributed by atoms with Crippen molar-refractivity contribution >= 4 is 18.3 Å². The Morgan fingerprint density at radius 2 is 2.21 bits per heavy atom. The van der Waals surface area contributed by atoms with Crippen molar-refractivity contribution in [2.24, 2.45) is 5.73 Å². The van der Waals surface area contributed by atoms with Crippen LogP contribution in [0.25, 0.3) is 0 Å². The Morgan fingerprint density at radius 3 is 2.84 bits per heavy atom. The van der Waals surface area contributed by atoms with Gasteiger partial charge in [0.05, 0.1) is 7.11 Å². The molecule has 4 nitrogen and oxygen atoms in total. The number of carbonyl (C=O) groups is 1. The number of piperidine rings is 1. The fourth-order valence-electron chi connectivity index (χ4n) is 2.33. The van der Waals surface area contributed by atoms with Crippen LogP contribution in [0.5, 0.6) is 5.75 Å². The summed E-state index contributed by atoms with van der Waals surface area (Å²) in [6.45, 7) is 3.40. The topological polar surface area (TPSA) is 55.6 Å². The second-order valence-electron chi connectivity index (χ2n) is 4.84. The van der Waals surface area contributed by atoms with Crippen LogP contribution in [0.4, 0.5) is 0 Å². The highest BCUT2D eigenvalue weighted by atomic mass is 35.5. The lowest BCUT2D eigenvalue weighted by Gasteiger charge is -2.30. The number of hydrogen-bond donors (Lipinski definition) is 1. The zero-order chi connectivity index (χ0) is 13.1. The Bertz CT molecular complexity index is 451. The van der Waals surface area contributed by atoms with E-state index in [-0.39, 0.29) is 24.4 Å². The maximum Gasteiger partial charge on any atom is 0.254 e. The molecule has 0 bridgehead atoms. The Morgan fingerprint density at radius 1 is 1.47 bits per heavy atom. The number of hydrogen-bond acceptors (Lipinski definition) is 3. The molecule has 0 spiro atoms. The molecule has 1 aliphatic heterocycles. The van der Waals surface area contributed by atoms with Gasteiger partial charge < -0.3 is 15.4 Å². The molecule has 1 saturated heterocycles. The van der Waals surface area contributed by atoms with Crippen LogP contribution in [0.15, 0.2) is 18.2 Å². The summed E-state index contributed by atoms with van der Waals surface area (Å²) in [6.07, 6.45) is 1.98. The van der Waals surface area contributed by atoms with Crippen molar-refractivity contribution in [3.05, 3.63) is 29.3 Å². The number of nitrogens with two attached hydrogens (primary N) is 1. The van der Waals surface area contributed by atoms with E-state index in [1.165, 1.54) is 0 Å². The third-order valence-electron chi connectivity index (χ3n) is 3.40. The molecule has 0 radical (unpaired) electrons. The number of aryl methyl sites for hydroxylation is 1. The Hall–Kier alpha value is -1.26. The molecule has 19 heavy (non-hydrogen) atoms. The van der Waals surface area contributed by atoms with Gasteiger partial charge in [0.25, 0.3) is 5.91 Å². The number of nitrogens with zero attached hydrogens (tertiary/aromatic N) is 1. The highest BCUT2D eigenvalue weighted by Gasteiger charge is 2.22. The lowest BCUT2D eigenvalue weighted by atomic mass is 10.0. The summed E-state index contributed by atoms with van der Waals surface area (Å²) >= 11 is 0. The second-order valence-corrected chi connectivity index (χ2v) is 4.84. The monoisotopic (exact) mass is 284 g/mol. The molecule has 2 rings (SSSR count). The largest absolute Gasteiger partial charge is 0.496 e. The fourth-order valence-corrected chi connectivity index (χ4v) is 2.33. The van der Waals surface area contributed by atoms with Crippen molar-refractivity contribution in [3.63, 3.8) is 0 Å². The maximum absolute atomic E-state index is 12.3. The van der Waals surface area contributed by atoms with Gasteiger partial charge >= 0.3 is 0 Å². The van der Waals surface area contributed by atoms with Gasteiger partial charge in [-0.15, -0.1) is 12.4 Å². The van der Waals surface area contributed by atoms with Crippen molar-refractivity contribution in [3.8, 4) is 5.75 Å². The van der Waals surface area contributed by atoms with Gasteiger partial charge in [0, 0.05) is 24.7 Å². The first kappa shape index (κ1) is 15.8. The Kier molecular flexibility index (Phi) is 5.63. The molecule has 1 aliphatic rings. The quantitative estimate of drug-likeness (QED) is 0.904. The zero-order valence-corrected chi connectivity index (χ0v) is 12.2. The molecule has 0 unspecified atom stereocenters. The number of ether oxygens (including phenoxy) is 1. The average Bonchev–Trinajstić information content (AvgIpc) is 2.38. The normalized spacial score (nSPS) is 18.7. The third kappa shape index (κ3) is 3.61. The molecule has 2 N–H and O–H groups in total. The number of carbonyl (C=O) groups excluding carboxylic acids is 1. The van der Waals surface area contributed by atoms with E-state index in [4.69, 9.17) is 10.5 Å². The molecule has 1 atom stereocenters. The second kappa shape index (κ2) is 6.78. The molecule has 0 aliphatic carbocycles. The summed E-state index contributed by atoms with van der Waals surface area (Å²) in [5.74, 6) is 0.797. The predicted octanol–water partition coefficient (Wildman–Crippen LogP) is 1.99. The van der Waals surface area contributed by atoms with Crippen LogP contribution in [0.3, 0.4) is 0 Å². The number of methoxy groups -OCH3 is 1. The van der Waals surface area contributed by atoms with Gasteiger partial charge in [-0.3, -0.25) is 4.79 Å². The van der Waals surface area contributed by atoms with Crippen LogP contribution in [-0.2, 0) is 0 Å². The maximum atomic E-state index is 12.3. The lowest BCUT2D eigenvalue weighted by Crippen LogP contribution is -2.45. The predicted molar refractivity (Wildman–Crippen MR) is 78.1 cm³/mol. The number of amides is 1. The van der Waals surface area contributed by atoms with E-state index in [1.807, 2.05) is 24.0 Å². The number of benzene rings is 1. The van der Waals surface area contributed by atoms with E-state index in [0.717, 1.165) is 30.7 Å². The highest BCUT2D eigenvalue weighted by molar-refractivity contribution is 5.94. The van der Waals surface area contributed by atoms with Gasteiger partial charge in [0.15, 0.2) is 0 Å². The molecule has 1 aromatic carbocycles. The van der Waals surface area contributed by atoms with Gasteiger partial charge in [0.2, 0.25) is 0 Å². The first-order valence-corrected chi connectivity index (χ1v) is 6.31. The molecule has 0 aromatic heterocycles. The van der Waals surface area contributed by atoms with Crippen molar-refractivity contribution in [2.75, 3.05) is 20.2 Å². The SMILES string of the molecule is COc1cc(C(=O)N2CCC[C@@H](N)C2)ccc1C.Cl. The first-order valence-electron chi connectivity index (χ1n) is 6.31. The summed E-state index contributed by atoms with van der Waals surface area (Å²) in [4.78, 5) is 14.2. The Labute approximate surface area is 120 Å². The molecule has 0 saturated carbocycles.